The Morgan fingerprint density at radius 3 is 3.05 bits per heavy atom. The number of methoxy groups -OCH3 is 2. The third kappa shape index (κ3) is 3.77. The third-order valence-corrected chi connectivity index (χ3v) is 3.10. The summed E-state index contributed by atoms with van der Waals surface area (Å²) < 4.78 is 15.7. The molecule has 0 aromatic heterocycles. The summed E-state index contributed by atoms with van der Waals surface area (Å²) in [5.41, 5.74) is 1.04. The van der Waals surface area contributed by atoms with Crippen molar-refractivity contribution >= 4 is 6.03 Å². The molecule has 1 heterocycles. The molecule has 1 atom stereocenters. The predicted octanol–water partition coefficient (Wildman–Crippen LogP) is 0.944. The Bertz CT molecular complexity index is 464. The first-order valence-corrected chi connectivity index (χ1v) is 6.56. The van der Waals surface area contributed by atoms with Gasteiger partial charge in [-0.2, -0.15) is 0 Å². The second-order valence-electron chi connectivity index (χ2n) is 4.58. The first-order chi connectivity index (χ1) is 9.72. The minimum atomic E-state index is -0.206. The van der Waals surface area contributed by atoms with Crippen molar-refractivity contribution in [3.63, 3.8) is 0 Å². The lowest BCUT2D eigenvalue weighted by Gasteiger charge is -2.26. The van der Waals surface area contributed by atoms with Crippen molar-refractivity contribution in [2.45, 2.75) is 12.5 Å². The number of amides is 2. The van der Waals surface area contributed by atoms with Crippen LogP contribution >= 0.6 is 0 Å². The van der Waals surface area contributed by atoms with Crippen molar-refractivity contribution < 1.29 is 19.0 Å². The van der Waals surface area contributed by atoms with Gasteiger partial charge in [0.1, 0.15) is 18.1 Å². The van der Waals surface area contributed by atoms with Crippen LogP contribution in [-0.4, -0.2) is 46.1 Å². The highest BCUT2D eigenvalue weighted by Crippen LogP contribution is 2.28. The molecule has 1 aromatic rings. The summed E-state index contributed by atoms with van der Waals surface area (Å²) in [4.78, 5) is 11.7. The number of nitrogens with one attached hydrogen (secondary N) is 2. The highest BCUT2D eigenvalue weighted by atomic mass is 16.5. The average molecular weight is 280 g/mol. The molecule has 0 spiro atoms. The Kier molecular flexibility index (Phi) is 5.06. The first kappa shape index (κ1) is 14.5. The largest absolute Gasteiger partial charge is 0.497 e. The number of benzene rings is 1. The molecule has 20 heavy (non-hydrogen) atoms. The van der Waals surface area contributed by atoms with Gasteiger partial charge >= 0.3 is 6.03 Å². The Morgan fingerprint density at radius 1 is 1.45 bits per heavy atom. The smallest absolute Gasteiger partial charge is 0.315 e. The van der Waals surface area contributed by atoms with Crippen molar-refractivity contribution in [2.24, 2.45) is 0 Å². The Balaban J connectivity index is 1.88. The zero-order valence-electron chi connectivity index (χ0n) is 11.8. The molecule has 6 heteroatoms. The van der Waals surface area contributed by atoms with E-state index < -0.39 is 0 Å². The van der Waals surface area contributed by atoms with Crippen LogP contribution in [0.2, 0.25) is 0 Å². The minimum Gasteiger partial charge on any atom is -0.497 e. The summed E-state index contributed by atoms with van der Waals surface area (Å²) in [6.45, 7) is 1.45. The summed E-state index contributed by atoms with van der Waals surface area (Å²) in [7, 11) is 3.23. The average Bonchev–Trinajstić information content (AvgIpc) is 2.46. The number of hydrogen-bond acceptors (Lipinski definition) is 4. The molecule has 0 saturated carbocycles. The monoisotopic (exact) mass is 280 g/mol. The van der Waals surface area contributed by atoms with Gasteiger partial charge < -0.3 is 24.8 Å². The number of rotatable bonds is 5. The molecule has 0 saturated heterocycles. The second-order valence-corrected chi connectivity index (χ2v) is 4.58. The number of urea groups is 1. The zero-order valence-corrected chi connectivity index (χ0v) is 11.8. The van der Waals surface area contributed by atoms with Crippen molar-refractivity contribution in [1.82, 2.24) is 10.6 Å². The third-order valence-electron chi connectivity index (χ3n) is 3.10. The maximum atomic E-state index is 11.7. The van der Waals surface area contributed by atoms with Crippen LogP contribution in [-0.2, 0) is 11.2 Å². The highest BCUT2D eigenvalue weighted by molar-refractivity contribution is 5.74. The van der Waals surface area contributed by atoms with Gasteiger partial charge in [0.2, 0.25) is 0 Å². The lowest BCUT2D eigenvalue weighted by atomic mass is 10.0. The molecule has 6 nitrogen and oxygen atoms in total. The lowest BCUT2D eigenvalue weighted by Crippen LogP contribution is -2.47. The molecule has 110 valence electrons. The standard InChI is InChI=1S/C14H20N2O4/c1-18-6-5-15-14(17)16-11-7-10-8-12(19-2)3-4-13(10)20-9-11/h3-4,8,11H,5-7,9H2,1-2H3,(H2,15,16,17). The Morgan fingerprint density at radius 2 is 2.30 bits per heavy atom. The van der Waals surface area contributed by atoms with Gasteiger partial charge in [-0.1, -0.05) is 0 Å². The van der Waals surface area contributed by atoms with E-state index in [0.717, 1.165) is 23.5 Å². The number of ether oxygens (including phenoxy) is 3. The van der Waals surface area contributed by atoms with Crippen LogP contribution in [0.3, 0.4) is 0 Å². The quantitative estimate of drug-likeness (QED) is 0.788. The fourth-order valence-corrected chi connectivity index (χ4v) is 2.09. The topological polar surface area (TPSA) is 68.8 Å². The fraction of sp³-hybridized carbons (Fsp3) is 0.500. The molecule has 0 radical (unpaired) electrons. The van der Waals surface area contributed by atoms with Crippen LogP contribution in [0, 0.1) is 0 Å². The van der Waals surface area contributed by atoms with E-state index in [1.807, 2.05) is 18.2 Å². The van der Waals surface area contributed by atoms with E-state index in [4.69, 9.17) is 14.2 Å². The van der Waals surface area contributed by atoms with Crippen LogP contribution < -0.4 is 20.1 Å². The van der Waals surface area contributed by atoms with Crippen molar-refractivity contribution in [3.8, 4) is 11.5 Å². The SMILES string of the molecule is COCCNC(=O)NC1COc2ccc(OC)cc2C1. The number of fused-ring (bicyclic) bond motifs is 1. The minimum absolute atomic E-state index is 0.0443. The van der Waals surface area contributed by atoms with Gasteiger partial charge in [0, 0.05) is 13.7 Å². The molecular formula is C14H20N2O4. The summed E-state index contributed by atoms with van der Waals surface area (Å²) in [6.07, 6.45) is 0.726. The molecule has 1 aliphatic heterocycles. The molecule has 2 N–H and O–H groups in total. The van der Waals surface area contributed by atoms with Gasteiger partial charge in [-0.25, -0.2) is 4.79 Å². The van der Waals surface area contributed by atoms with Crippen molar-refractivity contribution in [1.29, 1.82) is 0 Å². The van der Waals surface area contributed by atoms with Gasteiger partial charge in [0.15, 0.2) is 0 Å². The molecule has 2 rings (SSSR count). The number of carbonyl (C=O) groups is 1. The van der Waals surface area contributed by atoms with Crippen LogP contribution in [0.5, 0.6) is 11.5 Å². The second kappa shape index (κ2) is 7.00. The molecular weight excluding hydrogens is 260 g/mol. The summed E-state index contributed by atoms with van der Waals surface area (Å²) >= 11 is 0. The van der Waals surface area contributed by atoms with Crippen molar-refractivity contribution in [3.05, 3.63) is 23.8 Å². The highest BCUT2D eigenvalue weighted by Gasteiger charge is 2.21. The predicted molar refractivity (Wildman–Crippen MR) is 74.4 cm³/mol. The van der Waals surface area contributed by atoms with E-state index in [1.54, 1.807) is 14.2 Å². The van der Waals surface area contributed by atoms with Gasteiger partial charge in [0.25, 0.3) is 0 Å². The Hall–Kier alpha value is -1.95. The summed E-state index contributed by atoms with van der Waals surface area (Å²) in [6, 6.07) is 5.44. The maximum absolute atomic E-state index is 11.7. The normalized spacial score (nSPS) is 16.8. The molecule has 0 aliphatic carbocycles. The molecule has 1 aromatic carbocycles. The lowest BCUT2D eigenvalue weighted by molar-refractivity contribution is 0.191. The molecule has 2 amide bonds. The number of carbonyl (C=O) groups excluding carboxylic acids is 1. The van der Waals surface area contributed by atoms with Gasteiger partial charge in [-0.15, -0.1) is 0 Å². The number of hydrogen-bond donors (Lipinski definition) is 2. The van der Waals surface area contributed by atoms with E-state index in [0.29, 0.717) is 19.8 Å². The Labute approximate surface area is 118 Å². The fourth-order valence-electron chi connectivity index (χ4n) is 2.09. The first-order valence-electron chi connectivity index (χ1n) is 6.56. The summed E-state index contributed by atoms with van der Waals surface area (Å²) in [5, 5.41) is 5.61. The molecule has 1 aliphatic rings. The van der Waals surface area contributed by atoms with Gasteiger partial charge in [-0.3, -0.25) is 0 Å². The van der Waals surface area contributed by atoms with E-state index in [2.05, 4.69) is 10.6 Å². The van der Waals surface area contributed by atoms with Gasteiger partial charge in [-0.05, 0) is 30.2 Å². The summed E-state index contributed by atoms with van der Waals surface area (Å²) in [5.74, 6) is 1.64. The maximum Gasteiger partial charge on any atom is 0.315 e. The molecule has 0 fully saturated rings. The van der Waals surface area contributed by atoms with Crippen LogP contribution in [0.25, 0.3) is 0 Å². The zero-order chi connectivity index (χ0) is 14.4. The van der Waals surface area contributed by atoms with E-state index in [1.165, 1.54) is 0 Å². The molecule has 0 bridgehead atoms. The molecule has 1 unspecified atom stereocenters. The van der Waals surface area contributed by atoms with Crippen LogP contribution in [0.4, 0.5) is 4.79 Å². The van der Waals surface area contributed by atoms with E-state index in [9.17, 15) is 4.79 Å². The van der Waals surface area contributed by atoms with Crippen LogP contribution in [0.15, 0.2) is 18.2 Å². The van der Waals surface area contributed by atoms with Gasteiger partial charge in [0.05, 0.1) is 19.8 Å². The van der Waals surface area contributed by atoms with E-state index in [-0.39, 0.29) is 12.1 Å². The van der Waals surface area contributed by atoms with Crippen LogP contribution in [0.1, 0.15) is 5.56 Å². The van der Waals surface area contributed by atoms with Crippen molar-refractivity contribution in [2.75, 3.05) is 34.0 Å². The van der Waals surface area contributed by atoms with E-state index >= 15 is 0 Å².